The van der Waals surface area contributed by atoms with E-state index < -0.39 is 0 Å². The van der Waals surface area contributed by atoms with Crippen LogP contribution < -0.4 is 11.1 Å². The highest BCUT2D eigenvalue weighted by molar-refractivity contribution is 7.09. The molecule has 3 N–H and O–H groups in total. The summed E-state index contributed by atoms with van der Waals surface area (Å²) in [5.74, 6) is 1.72. The number of hydrogen-bond donors (Lipinski definition) is 2. The molecule has 0 saturated heterocycles. The van der Waals surface area contributed by atoms with Crippen molar-refractivity contribution in [2.45, 2.75) is 46.1 Å². The van der Waals surface area contributed by atoms with E-state index in [9.17, 15) is 0 Å². The molecule has 1 atom stereocenters. The minimum absolute atomic E-state index is 0.117. The van der Waals surface area contributed by atoms with Crippen molar-refractivity contribution < 1.29 is 0 Å². The van der Waals surface area contributed by atoms with Gasteiger partial charge in [-0.15, -0.1) is 0 Å². The lowest BCUT2D eigenvalue weighted by Crippen LogP contribution is -2.47. The van der Waals surface area contributed by atoms with Crippen LogP contribution in [0.25, 0.3) is 0 Å². The highest BCUT2D eigenvalue weighted by Gasteiger charge is 2.27. The minimum atomic E-state index is -0.117. The van der Waals surface area contributed by atoms with E-state index in [4.69, 9.17) is 5.73 Å². The van der Waals surface area contributed by atoms with Gasteiger partial charge in [0.05, 0.1) is 5.54 Å². The van der Waals surface area contributed by atoms with Gasteiger partial charge in [-0.25, -0.2) is 4.98 Å². The number of nitrogens with two attached hydrogens (primary N) is 1. The van der Waals surface area contributed by atoms with E-state index in [0.29, 0.717) is 18.4 Å². The van der Waals surface area contributed by atoms with Crippen molar-refractivity contribution >= 4 is 16.7 Å². The van der Waals surface area contributed by atoms with Gasteiger partial charge in [-0.05, 0) is 12.8 Å². The molecule has 1 unspecified atom stereocenters. The highest BCUT2D eigenvalue weighted by Crippen LogP contribution is 2.24. The van der Waals surface area contributed by atoms with Crippen LogP contribution in [-0.4, -0.2) is 21.4 Å². The summed E-state index contributed by atoms with van der Waals surface area (Å²) in [5.41, 5.74) is 5.70. The Morgan fingerprint density at radius 3 is 2.38 bits per heavy atom. The fourth-order valence-electron chi connectivity index (χ4n) is 1.20. The molecule has 0 radical (unpaired) electrons. The zero-order valence-electron chi connectivity index (χ0n) is 10.7. The summed E-state index contributed by atoms with van der Waals surface area (Å²) in [5, 5.41) is 4.27. The number of rotatable bonds is 5. The second kappa shape index (κ2) is 5.10. The van der Waals surface area contributed by atoms with Gasteiger partial charge in [0.2, 0.25) is 5.13 Å². The number of hydrogen-bond acceptors (Lipinski definition) is 5. The first-order valence-corrected chi connectivity index (χ1v) is 6.48. The maximum atomic E-state index is 5.82. The first-order chi connectivity index (χ1) is 7.39. The van der Waals surface area contributed by atoms with Crippen molar-refractivity contribution in [2.24, 2.45) is 11.7 Å². The number of nitrogens with zero attached hydrogens (tertiary/aromatic N) is 2. The fourth-order valence-corrected chi connectivity index (χ4v) is 2.04. The molecular weight excluding hydrogens is 220 g/mol. The molecule has 1 aromatic heterocycles. The summed E-state index contributed by atoms with van der Waals surface area (Å²) < 4.78 is 4.32. The molecular formula is C11H22N4S. The predicted octanol–water partition coefficient (Wildman–Crippen LogP) is 2.45. The Bertz CT molecular complexity index is 334. The second-order valence-electron chi connectivity index (χ2n) is 5.01. The summed E-state index contributed by atoms with van der Waals surface area (Å²) in [6.45, 7) is 11.2. The van der Waals surface area contributed by atoms with Crippen molar-refractivity contribution in [2.75, 3.05) is 11.9 Å². The van der Waals surface area contributed by atoms with Gasteiger partial charge in [-0.1, -0.05) is 27.7 Å². The smallest absolute Gasteiger partial charge is 0.203 e. The monoisotopic (exact) mass is 242 g/mol. The summed E-state index contributed by atoms with van der Waals surface area (Å²) in [7, 11) is 0. The van der Waals surface area contributed by atoms with E-state index in [-0.39, 0.29) is 5.54 Å². The van der Waals surface area contributed by atoms with Gasteiger partial charge in [0.15, 0.2) is 0 Å². The first kappa shape index (κ1) is 13.4. The summed E-state index contributed by atoms with van der Waals surface area (Å²) in [6, 6.07) is 0. The predicted molar refractivity (Wildman–Crippen MR) is 69.9 cm³/mol. The SMILES string of the molecule is CC(C)c1nsc(NC(C)(CN)C(C)C)n1. The Balaban J connectivity index is 2.78. The average molecular weight is 242 g/mol. The molecule has 1 aromatic rings. The minimum Gasteiger partial charge on any atom is -0.354 e. The first-order valence-electron chi connectivity index (χ1n) is 5.71. The van der Waals surface area contributed by atoms with E-state index >= 15 is 0 Å². The normalized spacial score (nSPS) is 15.5. The average Bonchev–Trinajstić information content (AvgIpc) is 2.65. The molecule has 92 valence electrons. The van der Waals surface area contributed by atoms with Crippen LogP contribution in [0.15, 0.2) is 0 Å². The molecule has 5 heteroatoms. The standard InChI is InChI=1S/C11H22N4S/c1-7(2)9-13-10(16-15-9)14-11(5,6-12)8(3)4/h7-8H,6,12H2,1-5H3,(H,13,14,15). The summed E-state index contributed by atoms with van der Waals surface area (Å²) in [4.78, 5) is 4.47. The maximum absolute atomic E-state index is 5.82. The quantitative estimate of drug-likeness (QED) is 0.832. The van der Waals surface area contributed by atoms with Crippen LogP contribution in [0, 0.1) is 5.92 Å². The van der Waals surface area contributed by atoms with Crippen molar-refractivity contribution in [1.29, 1.82) is 0 Å². The van der Waals surface area contributed by atoms with Gasteiger partial charge in [0.1, 0.15) is 5.82 Å². The third-order valence-electron chi connectivity index (χ3n) is 3.05. The van der Waals surface area contributed by atoms with E-state index in [1.165, 1.54) is 11.5 Å². The lowest BCUT2D eigenvalue weighted by Gasteiger charge is -2.33. The molecule has 0 fully saturated rings. The number of anilines is 1. The van der Waals surface area contributed by atoms with E-state index in [1.54, 1.807) is 0 Å². The molecule has 0 amide bonds. The number of nitrogens with one attached hydrogen (secondary N) is 1. The second-order valence-corrected chi connectivity index (χ2v) is 5.77. The van der Waals surface area contributed by atoms with Crippen LogP contribution in [0.3, 0.4) is 0 Å². The van der Waals surface area contributed by atoms with Crippen LogP contribution in [-0.2, 0) is 0 Å². The summed E-state index contributed by atoms with van der Waals surface area (Å²) in [6.07, 6.45) is 0. The van der Waals surface area contributed by atoms with Gasteiger partial charge in [-0.2, -0.15) is 4.37 Å². The molecule has 16 heavy (non-hydrogen) atoms. The molecule has 4 nitrogen and oxygen atoms in total. The van der Waals surface area contributed by atoms with Gasteiger partial charge in [0.25, 0.3) is 0 Å². The Morgan fingerprint density at radius 2 is 2.00 bits per heavy atom. The van der Waals surface area contributed by atoms with Crippen LogP contribution >= 0.6 is 11.5 Å². The van der Waals surface area contributed by atoms with Crippen LogP contribution in [0.2, 0.25) is 0 Å². The molecule has 0 saturated carbocycles. The zero-order chi connectivity index (χ0) is 12.3. The molecule has 0 aliphatic heterocycles. The van der Waals surface area contributed by atoms with Gasteiger partial charge < -0.3 is 11.1 Å². The Hall–Kier alpha value is -0.680. The molecule has 1 rings (SSSR count). The molecule has 0 aliphatic rings. The maximum Gasteiger partial charge on any atom is 0.203 e. The van der Waals surface area contributed by atoms with Crippen LogP contribution in [0.1, 0.15) is 46.4 Å². The topological polar surface area (TPSA) is 63.8 Å². The summed E-state index contributed by atoms with van der Waals surface area (Å²) >= 11 is 1.41. The largest absolute Gasteiger partial charge is 0.354 e. The Kier molecular flexibility index (Phi) is 4.27. The Morgan fingerprint density at radius 1 is 1.38 bits per heavy atom. The molecule has 0 aliphatic carbocycles. The van der Waals surface area contributed by atoms with Crippen molar-refractivity contribution in [3.05, 3.63) is 5.82 Å². The highest BCUT2D eigenvalue weighted by atomic mass is 32.1. The van der Waals surface area contributed by atoms with Crippen LogP contribution in [0.5, 0.6) is 0 Å². The zero-order valence-corrected chi connectivity index (χ0v) is 11.6. The van der Waals surface area contributed by atoms with Gasteiger partial charge >= 0.3 is 0 Å². The van der Waals surface area contributed by atoms with Crippen molar-refractivity contribution in [3.8, 4) is 0 Å². The molecule has 0 aromatic carbocycles. The van der Waals surface area contributed by atoms with E-state index in [1.807, 2.05) is 0 Å². The lowest BCUT2D eigenvalue weighted by molar-refractivity contribution is 0.382. The third-order valence-corrected chi connectivity index (χ3v) is 3.69. The van der Waals surface area contributed by atoms with E-state index in [2.05, 4.69) is 49.3 Å². The van der Waals surface area contributed by atoms with E-state index in [0.717, 1.165) is 11.0 Å². The molecule has 0 bridgehead atoms. The van der Waals surface area contributed by atoms with Crippen LogP contribution in [0.4, 0.5) is 5.13 Å². The Labute approximate surface area is 102 Å². The van der Waals surface area contributed by atoms with Crippen molar-refractivity contribution in [1.82, 2.24) is 9.36 Å². The molecule has 1 heterocycles. The van der Waals surface area contributed by atoms with Gasteiger partial charge in [-0.3, -0.25) is 0 Å². The van der Waals surface area contributed by atoms with Gasteiger partial charge in [0, 0.05) is 24.0 Å². The number of aromatic nitrogens is 2. The lowest BCUT2D eigenvalue weighted by atomic mass is 9.89. The molecule has 0 spiro atoms. The third kappa shape index (κ3) is 2.92. The van der Waals surface area contributed by atoms with Crippen molar-refractivity contribution in [3.63, 3.8) is 0 Å². The fraction of sp³-hybridized carbons (Fsp3) is 0.818.